The number of benzene rings is 1. The molecule has 2 aromatic rings. The first kappa shape index (κ1) is 15.0. The summed E-state index contributed by atoms with van der Waals surface area (Å²) in [5, 5.41) is 2.74. The molecule has 1 aromatic carbocycles. The second-order valence-corrected chi connectivity index (χ2v) is 4.94. The minimum Gasteiger partial charge on any atom is -0.465 e. The van der Waals surface area contributed by atoms with E-state index in [0.29, 0.717) is 23.6 Å². The summed E-state index contributed by atoms with van der Waals surface area (Å²) < 4.78 is 5.59. The molecule has 0 aliphatic rings. The fraction of sp³-hybridized carbons (Fsp3) is 0.294. The van der Waals surface area contributed by atoms with Gasteiger partial charge in [-0.1, -0.05) is 31.5 Å². The third-order valence-electron chi connectivity index (χ3n) is 3.16. The highest BCUT2D eigenvalue weighted by atomic mass is 16.3. The molecule has 0 aliphatic heterocycles. The van der Waals surface area contributed by atoms with Crippen LogP contribution >= 0.6 is 0 Å². The maximum atomic E-state index is 12.4. The minimum absolute atomic E-state index is 0.109. The Morgan fingerprint density at radius 2 is 1.95 bits per heavy atom. The number of amides is 1. The van der Waals surface area contributed by atoms with Crippen molar-refractivity contribution in [3.05, 3.63) is 63.7 Å². The highest BCUT2D eigenvalue weighted by Crippen LogP contribution is 2.14. The van der Waals surface area contributed by atoms with Crippen LogP contribution in [-0.4, -0.2) is 5.91 Å². The molecule has 21 heavy (non-hydrogen) atoms. The van der Waals surface area contributed by atoms with Crippen LogP contribution in [0, 0.1) is 6.92 Å². The number of hydrogen-bond acceptors (Lipinski definition) is 3. The van der Waals surface area contributed by atoms with Crippen LogP contribution < -0.4 is 10.7 Å². The average Bonchev–Trinajstić information content (AvgIpc) is 2.45. The van der Waals surface area contributed by atoms with Gasteiger partial charge in [-0.3, -0.25) is 9.59 Å². The fourth-order valence-corrected chi connectivity index (χ4v) is 2.14. The van der Waals surface area contributed by atoms with E-state index >= 15 is 0 Å². The Hall–Kier alpha value is -2.36. The van der Waals surface area contributed by atoms with Crippen molar-refractivity contribution in [1.82, 2.24) is 0 Å². The SMILES string of the molecule is CCCCc1oc(C)cc(=O)c1C(=O)Nc1ccccc1. The van der Waals surface area contributed by atoms with Crippen LogP contribution in [0.1, 0.15) is 41.6 Å². The number of anilines is 1. The third kappa shape index (κ3) is 3.81. The lowest BCUT2D eigenvalue weighted by Gasteiger charge is -2.09. The quantitative estimate of drug-likeness (QED) is 0.914. The van der Waals surface area contributed by atoms with Gasteiger partial charge < -0.3 is 9.73 Å². The van der Waals surface area contributed by atoms with E-state index in [-0.39, 0.29) is 11.0 Å². The van der Waals surface area contributed by atoms with Crippen LogP contribution in [0.4, 0.5) is 5.69 Å². The molecule has 110 valence electrons. The molecule has 0 atom stereocenters. The summed E-state index contributed by atoms with van der Waals surface area (Å²) in [4.78, 5) is 24.5. The van der Waals surface area contributed by atoms with Gasteiger partial charge in [0.1, 0.15) is 17.1 Å². The standard InChI is InChI=1S/C17H19NO3/c1-3-4-10-15-16(14(19)11-12(2)21-15)17(20)18-13-8-6-5-7-9-13/h5-9,11H,3-4,10H2,1-2H3,(H,18,20). The monoisotopic (exact) mass is 285 g/mol. The first-order valence-corrected chi connectivity index (χ1v) is 7.12. The van der Waals surface area contributed by atoms with Gasteiger partial charge in [0.25, 0.3) is 5.91 Å². The van der Waals surface area contributed by atoms with Crippen molar-refractivity contribution in [2.75, 3.05) is 5.32 Å². The molecule has 0 spiro atoms. The molecule has 1 N–H and O–H groups in total. The fourth-order valence-electron chi connectivity index (χ4n) is 2.14. The second-order valence-electron chi connectivity index (χ2n) is 4.94. The van der Waals surface area contributed by atoms with Crippen molar-refractivity contribution >= 4 is 11.6 Å². The predicted molar refractivity (Wildman–Crippen MR) is 82.7 cm³/mol. The molecule has 0 aliphatic carbocycles. The minimum atomic E-state index is -0.416. The van der Waals surface area contributed by atoms with Crippen LogP contribution in [0.5, 0.6) is 0 Å². The summed E-state index contributed by atoms with van der Waals surface area (Å²) in [5.74, 6) is 0.582. The van der Waals surface area contributed by atoms with Crippen molar-refractivity contribution in [1.29, 1.82) is 0 Å². The van der Waals surface area contributed by atoms with Gasteiger partial charge in [0, 0.05) is 18.2 Å². The Labute approximate surface area is 123 Å². The van der Waals surface area contributed by atoms with Gasteiger partial charge in [-0.25, -0.2) is 0 Å². The summed E-state index contributed by atoms with van der Waals surface area (Å²) in [7, 11) is 0. The molecule has 0 fully saturated rings. The average molecular weight is 285 g/mol. The van der Waals surface area contributed by atoms with Crippen LogP contribution in [0.15, 0.2) is 45.6 Å². The second kappa shape index (κ2) is 6.88. The Bertz CT molecular complexity index is 674. The normalized spacial score (nSPS) is 10.4. The molecule has 0 saturated heterocycles. The Morgan fingerprint density at radius 3 is 2.62 bits per heavy atom. The van der Waals surface area contributed by atoms with E-state index in [1.807, 2.05) is 18.2 Å². The zero-order valence-electron chi connectivity index (χ0n) is 12.3. The van der Waals surface area contributed by atoms with E-state index in [4.69, 9.17) is 4.42 Å². The molecule has 1 amide bonds. The predicted octanol–water partition coefficient (Wildman–Crippen LogP) is 3.54. The van der Waals surface area contributed by atoms with Crippen LogP contribution in [0.3, 0.4) is 0 Å². The van der Waals surface area contributed by atoms with Crippen molar-refractivity contribution in [2.24, 2.45) is 0 Å². The number of para-hydroxylation sites is 1. The van der Waals surface area contributed by atoms with Gasteiger partial charge in [0.2, 0.25) is 0 Å². The largest absolute Gasteiger partial charge is 0.465 e. The Kier molecular flexibility index (Phi) is 4.93. The van der Waals surface area contributed by atoms with Crippen LogP contribution in [0.25, 0.3) is 0 Å². The van der Waals surface area contributed by atoms with Gasteiger partial charge in [-0.15, -0.1) is 0 Å². The summed E-state index contributed by atoms with van der Waals surface area (Å²) >= 11 is 0. The number of nitrogens with one attached hydrogen (secondary N) is 1. The number of aryl methyl sites for hydroxylation is 2. The molecule has 1 heterocycles. The number of hydrogen-bond donors (Lipinski definition) is 1. The molecular weight excluding hydrogens is 266 g/mol. The lowest BCUT2D eigenvalue weighted by atomic mass is 10.1. The Morgan fingerprint density at radius 1 is 1.24 bits per heavy atom. The number of carbonyl (C=O) groups is 1. The summed E-state index contributed by atoms with van der Waals surface area (Å²) in [5.41, 5.74) is 0.472. The molecule has 4 nitrogen and oxygen atoms in total. The zero-order valence-corrected chi connectivity index (χ0v) is 12.3. The van der Waals surface area contributed by atoms with E-state index in [2.05, 4.69) is 12.2 Å². The number of carbonyl (C=O) groups excluding carboxylic acids is 1. The maximum absolute atomic E-state index is 12.4. The van der Waals surface area contributed by atoms with Crippen molar-refractivity contribution < 1.29 is 9.21 Å². The van der Waals surface area contributed by atoms with Gasteiger partial charge >= 0.3 is 0 Å². The lowest BCUT2D eigenvalue weighted by Crippen LogP contribution is -2.23. The van der Waals surface area contributed by atoms with E-state index in [9.17, 15) is 9.59 Å². The van der Waals surface area contributed by atoms with Crippen LogP contribution in [-0.2, 0) is 6.42 Å². The highest BCUT2D eigenvalue weighted by molar-refractivity contribution is 6.04. The molecule has 0 radical (unpaired) electrons. The summed E-state index contributed by atoms with van der Waals surface area (Å²) in [6, 6.07) is 10.4. The van der Waals surface area contributed by atoms with Gasteiger partial charge in [0.15, 0.2) is 5.43 Å². The molecule has 0 bridgehead atoms. The van der Waals surface area contributed by atoms with Crippen molar-refractivity contribution in [3.8, 4) is 0 Å². The van der Waals surface area contributed by atoms with Crippen molar-refractivity contribution in [2.45, 2.75) is 33.1 Å². The topological polar surface area (TPSA) is 59.3 Å². The number of unbranched alkanes of at least 4 members (excludes halogenated alkanes) is 1. The van der Waals surface area contributed by atoms with E-state index < -0.39 is 5.91 Å². The molecular formula is C17H19NO3. The summed E-state index contributed by atoms with van der Waals surface area (Å²) in [6.45, 7) is 3.77. The molecule has 4 heteroatoms. The third-order valence-corrected chi connectivity index (χ3v) is 3.16. The molecule has 0 unspecified atom stereocenters. The smallest absolute Gasteiger partial charge is 0.263 e. The Balaban J connectivity index is 2.33. The first-order chi connectivity index (χ1) is 10.1. The van der Waals surface area contributed by atoms with Gasteiger partial charge in [-0.05, 0) is 25.5 Å². The molecule has 2 rings (SSSR count). The van der Waals surface area contributed by atoms with Crippen molar-refractivity contribution in [3.63, 3.8) is 0 Å². The first-order valence-electron chi connectivity index (χ1n) is 7.12. The number of rotatable bonds is 5. The van der Waals surface area contributed by atoms with E-state index in [1.54, 1.807) is 19.1 Å². The van der Waals surface area contributed by atoms with E-state index in [0.717, 1.165) is 12.8 Å². The lowest BCUT2D eigenvalue weighted by molar-refractivity contribution is 0.102. The zero-order chi connectivity index (χ0) is 15.2. The van der Waals surface area contributed by atoms with Gasteiger partial charge in [0.05, 0.1) is 0 Å². The van der Waals surface area contributed by atoms with Crippen LogP contribution in [0.2, 0.25) is 0 Å². The summed E-state index contributed by atoms with van der Waals surface area (Å²) in [6.07, 6.45) is 2.43. The highest BCUT2D eigenvalue weighted by Gasteiger charge is 2.18. The maximum Gasteiger partial charge on any atom is 0.263 e. The van der Waals surface area contributed by atoms with E-state index in [1.165, 1.54) is 6.07 Å². The molecule has 1 aromatic heterocycles. The molecule has 0 saturated carbocycles. The van der Waals surface area contributed by atoms with Gasteiger partial charge in [-0.2, -0.15) is 0 Å².